The zero-order valence-corrected chi connectivity index (χ0v) is 15.7. The fourth-order valence-corrected chi connectivity index (χ4v) is 3.69. The molecule has 1 aromatic rings. The minimum atomic E-state index is -0.593. The van der Waals surface area contributed by atoms with Crippen LogP contribution in [0.15, 0.2) is 35.4 Å². The SMILES string of the molecule is CCOC(=O)/C=C(\Cl)c1cc(N2C(=O)C3=C(CCCC3)C2=O)ccc1Cl. The Bertz CT molecular complexity index is 829. The molecule has 0 atom stereocenters. The fraction of sp³-hybridized carbons (Fsp3) is 0.316. The van der Waals surface area contributed by atoms with Gasteiger partial charge in [-0.2, -0.15) is 0 Å². The summed E-state index contributed by atoms with van der Waals surface area (Å²) in [6, 6.07) is 4.68. The molecule has 0 N–H and O–H groups in total. The molecule has 0 saturated carbocycles. The van der Waals surface area contributed by atoms with Gasteiger partial charge in [0, 0.05) is 27.8 Å². The number of hydrogen-bond acceptors (Lipinski definition) is 4. The maximum atomic E-state index is 12.7. The van der Waals surface area contributed by atoms with Crippen LogP contribution in [-0.2, 0) is 19.1 Å². The first kappa shape index (κ1) is 18.7. The quantitative estimate of drug-likeness (QED) is 0.436. The second-order valence-corrected chi connectivity index (χ2v) is 6.83. The van der Waals surface area contributed by atoms with E-state index in [1.165, 1.54) is 6.07 Å². The third kappa shape index (κ3) is 3.41. The summed E-state index contributed by atoms with van der Waals surface area (Å²) in [5.74, 6) is -1.17. The molecule has 2 aliphatic rings. The Morgan fingerprint density at radius 3 is 2.38 bits per heavy atom. The van der Waals surface area contributed by atoms with Crippen molar-refractivity contribution < 1.29 is 19.1 Å². The highest BCUT2D eigenvalue weighted by Gasteiger charge is 2.39. The van der Waals surface area contributed by atoms with Gasteiger partial charge in [0.1, 0.15) is 0 Å². The molecule has 136 valence electrons. The number of amides is 2. The van der Waals surface area contributed by atoms with Crippen LogP contribution in [0.25, 0.3) is 5.03 Å². The molecule has 3 rings (SSSR count). The average molecular weight is 394 g/mol. The first-order valence-corrected chi connectivity index (χ1v) is 9.14. The summed E-state index contributed by atoms with van der Waals surface area (Å²) < 4.78 is 4.83. The van der Waals surface area contributed by atoms with Crippen LogP contribution >= 0.6 is 23.2 Å². The van der Waals surface area contributed by atoms with E-state index < -0.39 is 5.97 Å². The number of benzene rings is 1. The van der Waals surface area contributed by atoms with Gasteiger partial charge >= 0.3 is 5.97 Å². The lowest BCUT2D eigenvalue weighted by molar-refractivity contribution is -0.137. The van der Waals surface area contributed by atoms with Gasteiger partial charge < -0.3 is 4.74 Å². The van der Waals surface area contributed by atoms with E-state index in [4.69, 9.17) is 27.9 Å². The Morgan fingerprint density at radius 2 is 1.81 bits per heavy atom. The van der Waals surface area contributed by atoms with Gasteiger partial charge in [0.15, 0.2) is 0 Å². The van der Waals surface area contributed by atoms with E-state index in [1.807, 2.05) is 0 Å². The number of carbonyl (C=O) groups is 3. The summed E-state index contributed by atoms with van der Waals surface area (Å²) >= 11 is 12.4. The van der Waals surface area contributed by atoms with E-state index in [2.05, 4.69) is 0 Å². The van der Waals surface area contributed by atoms with Gasteiger partial charge in [-0.25, -0.2) is 9.69 Å². The lowest BCUT2D eigenvalue weighted by Crippen LogP contribution is -2.31. The number of carbonyl (C=O) groups excluding carboxylic acids is 3. The van der Waals surface area contributed by atoms with Crippen LogP contribution in [0.3, 0.4) is 0 Å². The average Bonchev–Trinajstić information content (AvgIpc) is 2.87. The second kappa shape index (κ2) is 7.64. The van der Waals surface area contributed by atoms with Gasteiger partial charge in [0.2, 0.25) is 0 Å². The van der Waals surface area contributed by atoms with Crippen molar-refractivity contribution in [3.63, 3.8) is 0 Å². The zero-order valence-electron chi connectivity index (χ0n) is 14.2. The highest BCUT2D eigenvalue weighted by molar-refractivity contribution is 6.52. The van der Waals surface area contributed by atoms with E-state index in [9.17, 15) is 14.4 Å². The van der Waals surface area contributed by atoms with Crippen molar-refractivity contribution in [3.8, 4) is 0 Å². The molecular formula is C19H17Cl2NO4. The summed E-state index contributed by atoms with van der Waals surface area (Å²) in [5, 5.41) is 0.378. The van der Waals surface area contributed by atoms with Gasteiger partial charge in [-0.3, -0.25) is 9.59 Å². The summed E-state index contributed by atoms with van der Waals surface area (Å²) in [5.41, 5.74) is 1.94. The topological polar surface area (TPSA) is 63.7 Å². The standard InChI is InChI=1S/C19H17Cl2NO4/c1-2-26-17(23)10-16(21)14-9-11(7-8-15(14)20)22-18(24)12-5-3-4-6-13(12)19(22)25/h7-10H,2-6H2,1H3/b16-10-. The van der Waals surface area contributed by atoms with Gasteiger partial charge in [-0.05, 0) is 50.8 Å². The van der Waals surface area contributed by atoms with Crippen LogP contribution < -0.4 is 4.90 Å². The molecule has 1 heterocycles. The van der Waals surface area contributed by atoms with Gasteiger partial charge in [0.25, 0.3) is 11.8 Å². The van der Waals surface area contributed by atoms with Crippen LogP contribution in [0, 0.1) is 0 Å². The molecule has 7 heteroatoms. The van der Waals surface area contributed by atoms with E-state index in [0.29, 0.717) is 40.3 Å². The Kier molecular flexibility index (Phi) is 5.49. The van der Waals surface area contributed by atoms with Crippen molar-refractivity contribution in [3.05, 3.63) is 46.0 Å². The number of halogens is 2. The maximum absolute atomic E-state index is 12.7. The van der Waals surface area contributed by atoms with Crippen LogP contribution in [0.5, 0.6) is 0 Å². The van der Waals surface area contributed by atoms with Gasteiger partial charge in [-0.1, -0.05) is 23.2 Å². The van der Waals surface area contributed by atoms with Crippen LogP contribution in [0.4, 0.5) is 5.69 Å². The number of rotatable bonds is 4. The first-order chi connectivity index (χ1) is 12.4. The number of nitrogens with zero attached hydrogens (tertiary/aromatic N) is 1. The lowest BCUT2D eigenvalue weighted by atomic mass is 9.93. The Hall–Kier alpha value is -2.11. The summed E-state index contributed by atoms with van der Waals surface area (Å²) in [6.07, 6.45) is 4.19. The molecule has 1 aliphatic heterocycles. The van der Waals surface area contributed by atoms with Crippen LogP contribution in [-0.4, -0.2) is 24.4 Å². The Labute approximate surface area is 161 Å². The van der Waals surface area contributed by atoms with Crippen molar-refractivity contribution in [2.24, 2.45) is 0 Å². The molecule has 0 aromatic heterocycles. The van der Waals surface area contributed by atoms with E-state index in [-0.39, 0.29) is 23.5 Å². The summed E-state index contributed by atoms with van der Waals surface area (Å²) in [7, 11) is 0. The Morgan fingerprint density at radius 1 is 1.19 bits per heavy atom. The van der Waals surface area contributed by atoms with Crippen molar-refractivity contribution in [2.75, 3.05) is 11.5 Å². The maximum Gasteiger partial charge on any atom is 0.332 e. The van der Waals surface area contributed by atoms with Gasteiger partial charge in [0.05, 0.1) is 17.3 Å². The second-order valence-electron chi connectivity index (χ2n) is 6.02. The van der Waals surface area contributed by atoms with Crippen molar-refractivity contribution in [2.45, 2.75) is 32.6 Å². The molecule has 0 radical (unpaired) electrons. The monoisotopic (exact) mass is 393 g/mol. The number of ether oxygens (including phenoxy) is 1. The predicted molar refractivity (Wildman–Crippen MR) is 99.9 cm³/mol. The van der Waals surface area contributed by atoms with Crippen molar-refractivity contribution in [1.29, 1.82) is 0 Å². The van der Waals surface area contributed by atoms with E-state index in [1.54, 1.807) is 19.1 Å². The van der Waals surface area contributed by atoms with E-state index in [0.717, 1.165) is 23.8 Å². The molecule has 0 spiro atoms. The summed E-state index contributed by atoms with van der Waals surface area (Å²) in [4.78, 5) is 38.1. The fourth-order valence-electron chi connectivity index (χ4n) is 3.17. The van der Waals surface area contributed by atoms with Gasteiger partial charge in [-0.15, -0.1) is 0 Å². The third-order valence-corrected chi connectivity index (χ3v) is 5.03. The molecule has 0 saturated heterocycles. The number of anilines is 1. The highest BCUT2D eigenvalue weighted by Crippen LogP contribution is 2.38. The lowest BCUT2D eigenvalue weighted by Gasteiger charge is -2.17. The number of hydrogen-bond donors (Lipinski definition) is 0. The minimum absolute atomic E-state index is 0.0760. The highest BCUT2D eigenvalue weighted by atomic mass is 35.5. The van der Waals surface area contributed by atoms with Crippen molar-refractivity contribution in [1.82, 2.24) is 0 Å². The zero-order chi connectivity index (χ0) is 18.8. The molecule has 0 fully saturated rings. The van der Waals surface area contributed by atoms with Crippen molar-refractivity contribution >= 4 is 51.7 Å². The Balaban J connectivity index is 1.95. The molecular weight excluding hydrogens is 377 g/mol. The molecule has 1 aromatic carbocycles. The molecule has 26 heavy (non-hydrogen) atoms. The van der Waals surface area contributed by atoms with Crippen LogP contribution in [0.1, 0.15) is 38.2 Å². The molecule has 0 unspecified atom stereocenters. The van der Waals surface area contributed by atoms with E-state index >= 15 is 0 Å². The minimum Gasteiger partial charge on any atom is -0.463 e. The summed E-state index contributed by atoms with van der Waals surface area (Å²) in [6.45, 7) is 1.91. The number of esters is 1. The normalized spacial score (nSPS) is 17.7. The third-order valence-electron chi connectivity index (χ3n) is 4.39. The molecule has 0 bridgehead atoms. The number of imide groups is 1. The van der Waals surface area contributed by atoms with Crippen LogP contribution in [0.2, 0.25) is 5.02 Å². The first-order valence-electron chi connectivity index (χ1n) is 8.38. The molecule has 5 nitrogen and oxygen atoms in total. The molecule has 2 amide bonds. The largest absolute Gasteiger partial charge is 0.463 e. The molecule has 1 aliphatic carbocycles. The predicted octanol–water partition coefficient (Wildman–Crippen LogP) is 4.23. The smallest absolute Gasteiger partial charge is 0.332 e.